The normalized spacial score (nSPS) is 11.2. The summed E-state index contributed by atoms with van der Waals surface area (Å²) >= 11 is 1.42. The Bertz CT molecular complexity index is 660. The Morgan fingerprint density at radius 2 is 2.13 bits per heavy atom. The van der Waals surface area contributed by atoms with Crippen LogP contribution >= 0.6 is 11.3 Å². The van der Waals surface area contributed by atoms with Crippen LogP contribution in [0.15, 0.2) is 29.8 Å². The summed E-state index contributed by atoms with van der Waals surface area (Å²) in [6, 6.07) is 5.66. The van der Waals surface area contributed by atoms with Gasteiger partial charge in [0.1, 0.15) is 10.6 Å². The molecule has 74 valence electrons. The van der Waals surface area contributed by atoms with Crippen molar-refractivity contribution < 1.29 is 5.11 Å². The second-order valence-corrected chi connectivity index (χ2v) is 4.23. The van der Waals surface area contributed by atoms with Crippen LogP contribution in [0.4, 0.5) is 5.69 Å². The molecule has 0 amide bonds. The van der Waals surface area contributed by atoms with Gasteiger partial charge in [-0.05, 0) is 6.07 Å². The van der Waals surface area contributed by atoms with E-state index in [-0.39, 0.29) is 5.75 Å². The number of hydrogen-bond donors (Lipinski definition) is 2. The highest BCUT2D eigenvalue weighted by Crippen LogP contribution is 2.37. The Balaban J connectivity index is 2.68. The summed E-state index contributed by atoms with van der Waals surface area (Å²) in [7, 11) is 0. The largest absolute Gasteiger partial charge is 0.506 e. The molecular weight excluding hydrogens is 208 g/mol. The van der Waals surface area contributed by atoms with Crippen LogP contribution in [0, 0.1) is 0 Å². The van der Waals surface area contributed by atoms with Crippen molar-refractivity contribution in [1.29, 1.82) is 0 Å². The fraction of sp³-hybridized carbons (Fsp3) is 0. The second-order valence-electron chi connectivity index (χ2n) is 3.37. The average molecular weight is 216 g/mol. The lowest BCUT2D eigenvalue weighted by atomic mass is 10.1. The SMILES string of the molecule is Nc1cccc2cnc3scc(O)c3c12. The zero-order chi connectivity index (χ0) is 10.4. The average Bonchev–Trinajstić information content (AvgIpc) is 2.61. The predicted octanol–water partition coefficient (Wildman–Crippen LogP) is 2.74. The fourth-order valence-corrected chi connectivity index (χ4v) is 2.56. The molecule has 0 atom stereocenters. The summed E-state index contributed by atoms with van der Waals surface area (Å²) in [6.07, 6.45) is 1.78. The van der Waals surface area contributed by atoms with E-state index >= 15 is 0 Å². The third kappa shape index (κ3) is 1.08. The van der Waals surface area contributed by atoms with Gasteiger partial charge in [0.2, 0.25) is 0 Å². The summed E-state index contributed by atoms with van der Waals surface area (Å²) in [6.45, 7) is 0. The van der Waals surface area contributed by atoms with Gasteiger partial charge in [-0.15, -0.1) is 11.3 Å². The van der Waals surface area contributed by atoms with E-state index in [1.807, 2.05) is 18.2 Å². The lowest BCUT2D eigenvalue weighted by molar-refractivity contribution is 0.484. The molecule has 4 heteroatoms. The van der Waals surface area contributed by atoms with Crippen molar-refractivity contribution in [3.05, 3.63) is 29.8 Å². The molecule has 0 saturated heterocycles. The molecule has 0 radical (unpaired) electrons. The van der Waals surface area contributed by atoms with Crippen molar-refractivity contribution in [2.75, 3.05) is 5.73 Å². The predicted molar refractivity (Wildman–Crippen MR) is 63.2 cm³/mol. The Labute approximate surface area is 89.8 Å². The van der Waals surface area contributed by atoms with E-state index < -0.39 is 0 Å². The van der Waals surface area contributed by atoms with Crippen molar-refractivity contribution in [1.82, 2.24) is 4.98 Å². The molecule has 0 unspecified atom stereocenters. The molecule has 3 rings (SSSR count). The van der Waals surface area contributed by atoms with Crippen LogP contribution in [-0.2, 0) is 0 Å². The van der Waals surface area contributed by atoms with Crippen molar-refractivity contribution in [2.45, 2.75) is 0 Å². The fourth-order valence-electron chi connectivity index (χ4n) is 1.78. The molecule has 2 heterocycles. The summed E-state index contributed by atoms with van der Waals surface area (Å²) in [5, 5.41) is 14.0. The van der Waals surface area contributed by atoms with Gasteiger partial charge in [0.15, 0.2) is 0 Å². The van der Waals surface area contributed by atoms with Gasteiger partial charge in [-0.25, -0.2) is 4.98 Å². The first-order valence-electron chi connectivity index (χ1n) is 4.51. The van der Waals surface area contributed by atoms with Gasteiger partial charge in [0, 0.05) is 28.0 Å². The second kappa shape index (κ2) is 2.84. The number of anilines is 1. The number of aromatic hydroxyl groups is 1. The van der Waals surface area contributed by atoms with Crippen molar-refractivity contribution >= 4 is 38.0 Å². The Kier molecular flexibility index (Phi) is 1.61. The van der Waals surface area contributed by atoms with E-state index in [4.69, 9.17) is 5.73 Å². The lowest BCUT2D eigenvalue weighted by Gasteiger charge is -2.02. The third-order valence-corrected chi connectivity index (χ3v) is 3.33. The molecule has 3 aromatic rings. The van der Waals surface area contributed by atoms with E-state index in [1.165, 1.54) is 11.3 Å². The molecule has 0 aliphatic heterocycles. The highest BCUT2D eigenvalue weighted by molar-refractivity contribution is 7.17. The molecule has 0 fully saturated rings. The number of hydrogen-bond acceptors (Lipinski definition) is 4. The maximum Gasteiger partial charge on any atom is 0.136 e. The van der Waals surface area contributed by atoms with Gasteiger partial charge in [-0.1, -0.05) is 12.1 Å². The molecule has 3 nitrogen and oxygen atoms in total. The first-order chi connectivity index (χ1) is 7.27. The molecule has 0 aliphatic rings. The van der Waals surface area contributed by atoms with Gasteiger partial charge >= 0.3 is 0 Å². The number of rotatable bonds is 0. The van der Waals surface area contributed by atoms with Gasteiger partial charge in [-0.2, -0.15) is 0 Å². The first kappa shape index (κ1) is 8.49. The van der Waals surface area contributed by atoms with Crippen LogP contribution in [-0.4, -0.2) is 10.1 Å². The molecule has 0 spiro atoms. The van der Waals surface area contributed by atoms with Crippen LogP contribution in [0.25, 0.3) is 21.0 Å². The summed E-state index contributed by atoms with van der Waals surface area (Å²) in [5.74, 6) is 0.256. The zero-order valence-electron chi connectivity index (χ0n) is 7.77. The number of nitrogens with two attached hydrogens (primary N) is 1. The minimum absolute atomic E-state index is 0.256. The van der Waals surface area contributed by atoms with Crippen molar-refractivity contribution in [3.63, 3.8) is 0 Å². The molecule has 0 saturated carbocycles. The van der Waals surface area contributed by atoms with Crippen LogP contribution in [0.3, 0.4) is 0 Å². The van der Waals surface area contributed by atoms with Crippen molar-refractivity contribution in [3.8, 4) is 5.75 Å². The van der Waals surface area contributed by atoms with E-state index in [9.17, 15) is 5.11 Å². The Morgan fingerprint density at radius 3 is 3.00 bits per heavy atom. The Morgan fingerprint density at radius 1 is 1.27 bits per heavy atom. The van der Waals surface area contributed by atoms with E-state index in [2.05, 4.69) is 4.98 Å². The minimum Gasteiger partial charge on any atom is -0.506 e. The monoisotopic (exact) mass is 216 g/mol. The molecular formula is C11H8N2OS. The number of aromatic nitrogens is 1. The van der Waals surface area contributed by atoms with Crippen LogP contribution in [0.1, 0.15) is 0 Å². The molecule has 2 aromatic heterocycles. The third-order valence-electron chi connectivity index (χ3n) is 2.45. The quantitative estimate of drug-likeness (QED) is 0.568. The van der Waals surface area contributed by atoms with Gasteiger partial charge in [-0.3, -0.25) is 0 Å². The minimum atomic E-state index is 0.256. The number of nitrogen functional groups attached to an aromatic ring is 1. The summed E-state index contributed by atoms with van der Waals surface area (Å²) in [5.41, 5.74) is 6.59. The number of benzene rings is 1. The topological polar surface area (TPSA) is 59.1 Å². The van der Waals surface area contributed by atoms with E-state index in [0.29, 0.717) is 5.69 Å². The number of nitrogens with zero attached hydrogens (tertiary/aromatic N) is 1. The van der Waals surface area contributed by atoms with E-state index in [1.54, 1.807) is 11.6 Å². The van der Waals surface area contributed by atoms with Crippen LogP contribution in [0.5, 0.6) is 5.75 Å². The number of pyridine rings is 1. The molecule has 3 N–H and O–H groups in total. The lowest BCUT2D eigenvalue weighted by Crippen LogP contribution is -1.87. The van der Waals surface area contributed by atoms with Gasteiger partial charge in [0.05, 0.1) is 5.39 Å². The molecule has 0 bridgehead atoms. The van der Waals surface area contributed by atoms with Gasteiger partial charge in [0.25, 0.3) is 0 Å². The summed E-state index contributed by atoms with van der Waals surface area (Å²) in [4.78, 5) is 5.09. The smallest absolute Gasteiger partial charge is 0.136 e. The standard InChI is InChI=1S/C11H8N2OS/c12-7-3-1-2-6-4-13-11-10(9(6)7)8(14)5-15-11/h1-5,14H,12H2. The Hall–Kier alpha value is -1.81. The van der Waals surface area contributed by atoms with E-state index in [0.717, 1.165) is 21.0 Å². The molecule has 15 heavy (non-hydrogen) atoms. The molecule has 0 aliphatic carbocycles. The van der Waals surface area contributed by atoms with Crippen LogP contribution in [0.2, 0.25) is 0 Å². The highest BCUT2D eigenvalue weighted by Gasteiger charge is 2.10. The molecule has 1 aromatic carbocycles. The highest BCUT2D eigenvalue weighted by atomic mass is 32.1. The first-order valence-corrected chi connectivity index (χ1v) is 5.38. The summed E-state index contributed by atoms with van der Waals surface area (Å²) < 4.78 is 0. The zero-order valence-corrected chi connectivity index (χ0v) is 8.58. The van der Waals surface area contributed by atoms with Crippen molar-refractivity contribution in [2.24, 2.45) is 0 Å². The number of thiophene rings is 1. The number of fused-ring (bicyclic) bond motifs is 3. The van der Waals surface area contributed by atoms with Gasteiger partial charge < -0.3 is 10.8 Å². The maximum atomic E-state index is 9.75. The maximum absolute atomic E-state index is 9.75. The van der Waals surface area contributed by atoms with Crippen LogP contribution < -0.4 is 5.73 Å².